The molecule has 1 aromatic rings. The van der Waals surface area contributed by atoms with Crippen molar-refractivity contribution in [2.75, 3.05) is 57.4 Å². The molecule has 4 N–H and O–H groups in total. The lowest BCUT2D eigenvalue weighted by Crippen LogP contribution is -2.37. The molecule has 172 valence electrons. The summed E-state index contributed by atoms with van der Waals surface area (Å²) >= 11 is 0. The van der Waals surface area contributed by atoms with Gasteiger partial charge in [0.2, 0.25) is 0 Å². The van der Waals surface area contributed by atoms with Crippen molar-refractivity contribution in [1.82, 2.24) is 4.90 Å². The van der Waals surface area contributed by atoms with Crippen molar-refractivity contribution in [2.45, 2.75) is 0 Å². The summed E-state index contributed by atoms with van der Waals surface area (Å²) in [6.07, 6.45) is 0. The lowest BCUT2D eigenvalue weighted by Gasteiger charge is -2.23. The molecule has 0 unspecified atom stereocenters. The van der Waals surface area contributed by atoms with Gasteiger partial charge in [-0.3, -0.25) is 24.1 Å². The monoisotopic (exact) mass is 446 g/mol. The van der Waals surface area contributed by atoms with Crippen molar-refractivity contribution in [3.63, 3.8) is 0 Å². The highest BCUT2D eigenvalue weighted by Gasteiger charge is 2.19. The molecule has 0 saturated carbocycles. The van der Waals surface area contributed by atoms with Crippen molar-refractivity contribution in [1.29, 1.82) is 0 Å². The van der Waals surface area contributed by atoms with Gasteiger partial charge in [-0.05, 0) is 12.1 Å². The molecule has 0 atom stereocenters. The minimum atomic E-state index is -1.29. The van der Waals surface area contributed by atoms with Gasteiger partial charge in [-0.15, -0.1) is 0 Å². The predicted molar refractivity (Wildman–Crippen MR) is 102 cm³/mol. The highest BCUT2D eigenvalue weighted by molar-refractivity contribution is 5.81. The van der Waals surface area contributed by atoms with Gasteiger partial charge in [-0.2, -0.15) is 0 Å². The third kappa shape index (κ3) is 10.8. The molecule has 0 saturated heterocycles. The summed E-state index contributed by atoms with van der Waals surface area (Å²) in [5.74, 6) is -5.70. The second kappa shape index (κ2) is 13.0. The number of ether oxygens (including phenoxy) is 2. The summed E-state index contributed by atoms with van der Waals surface area (Å²) in [6.45, 7) is -2.33. The molecule has 12 nitrogen and oxygen atoms in total. The normalized spacial score (nSPS) is 10.6. The average Bonchev–Trinajstić information content (AvgIpc) is 2.62. The fraction of sp³-hybridized carbons (Fsp3) is 0.444. The van der Waals surface area contributed by atoms with E-state index in [1.807, 2.05) is 0 Å². The second-order valence-corrected chi connectivity index (χ2v) is 6.21. The van der Waals surface area contributed by atoms with Crippen LogP contribution < -0.4 is 9.64 Å². The van der Waals surface area contributed by atoms with E-state index in [0.29, 0.717) is 0 Å². The number of rotatable bonds is 16. The maximum absolute atomic E-state index is 13.6. The largest absolute Gasteiger partial charge is 0.489 e. The molecule has 0 amide bonds. The predicted octanol–water partition coefficient (Wildman–Crippen LogP) is -0.332. The molecular formula is C18H23FN2O10. The first-order chi connectivity index (χ1) is 14.6. The van der Waals surface area contributed by atoms with Crippen LogP contribution >= 0.6 is 0 Å². The summed E-state index contributed by atoms with van der Waals surface area (Å²) in [5.41, 5.74) is 0.0697. The number of anilines is 1. The minimum absolute atomic E-state index is 0.00405. The number of carboxylic acids is 4. The van der Waals surface area contributed by atoms with Crippen LogP contribution in [0.25, 0.3) is 0 Å². The number of hydrogen-bond donors (Lipinski definition) is 4. The van der Waals surface area contributed by atoms with E-state index in [9.17, 15) is 23.6 Å². The van der Waals surface area contributed by atoms with Gasteiger partial charge in [-0.25, -0.2) is 4.39 Å². The summed E-state index contributed by atoms with van der Waals surface area (Å²) in [6, 6.07) is 3.22. The Hall–Kier alpha value is -3.45. The Labute approximate surface area is 176 Å². The molecule has 0 spiro atoms. The number of aliphatic carboxylic acids is 4. The first kappa shape index (κ1) is 25.6. The van der Waals surface area contributed by atoms with Gasteiger partial charge in [0, 0.05) is 12.6 Å². The molecule has 0 heterocycles. The number of benzene rings is 1. The molecule has 1 rings (SSSR count). The molecule has 0 aliphatic heterocycles. The zero-order valence-electron chi connectivity index (χ0n) is 16.4. The van der Waals surface area contributed by atoms with Crippen LogP contribution in [0.3, 0.4) is 0 Å². The first-order valence-corrected chi connectivity index (χ1v) is 8.93. The van der Waals surface area contributed by atoms with Gasteiger partial charge in [0.15, 0.2) is 0 Å². The standard InChI is InChI=1S/C18H23FN2O10/c19-12-1-2-13(21(10-17(26)27)11-18(28)29)14(7-12)31-6-5-30-4-3-20(8-15(22)23)9-16(24)25/h1-2,7H,3-6,8-11H2,(H,22,23)(H,24,25)(H,26,27)(H,28,29). The number of carboxylic acid groups (broad SMARTS) is 4. The molecule has 13 heteroatoms. The second-order valence-electron chi connectivity index (χ2n) is 6.21. The molecule has 31 heavy (non-hydrogen) atoms. The van der Waals surface area contributed by atoms with Crippen LogP contribution in [-0.4, -0.2) is 102 Å². The highest BCUT2D eigenvalue weighted by Crippen LogP contribution is 2.29. The van der Waals surface area contributed by atoms with Crippen molar-refractivity contribution in [3.8, 4) is 5.75 Å². The molecular weight excluding hydrogens is 423 g/mol. The number of hydrogen-bond acceptors (Lipinski definition) is 8. The van der Waals surface area contributed by atoms with E-state index in [1.165, 1.54) is 6.07 Å². The number of carbonyl (C=O) groups is 4. The van der Waals surface area contributed by atoms with E-state index >= 15 is 0 Å². The van der Waals surface area contributed by atoms with Crippen LogP contribution in [0.2, 0.25) is 0 Å². The van der Waals surface area contributed by atoms with Crippen LogP contribution in [0.15, 0.2) is 18.2 Å². The van der Waals surface area contributed by atoms with Crippen molar-refractivity contribution in [2.24, 2.45) is 0 Å². The van der Waals surface area contributed by atoms with Crippen LogP contribution in [-0.2, 0) is 23.9 Å². The SMILES string of the molecule is O=C(O)CN(CCOCCOc1cc(F)ccc1N(CC(=O)O)CC(=O)O)CC(=O)O. The minimum Gasteiger partial charge on any atom is -0.489 e. The Bertz CT molecular complexity index is 757. The van der Waals surface area contributed by atoms with Crippen LogP contribution in [0.4, 0.5) is 10.1 Å². The maximum Gasteiger partial charge on any atom is 0.323 e. The molecule has 0 aliphatic carbocycles. The topological polar surface area (TPSA) is 174 Å². The Morgan fingerprint density at radius 1 is 0.806 bits per heavy atom. The van der Waals surface area contributed by atoms with E-state index in [-0.39, 0.29) is 37.8 Å². The summed E-state index contributed by atoms with van der Waals surface area (Å²) in [5, 5.41) is 35.5. The average molecular weight is 446 g/mol. The van der Waals surface area contributed by atoms with Gasteiger partial charge >= 0.3 is 23.9 Å². The zero-order chi connectivity index (χ0) is 23.4. The van der Waals surface area contributed by atoms with Gasteiger partial charge in [0.1, 0.15) is 31.3 Å². The van der Waals surface area contributed by atoms with E-state index in [4.69, 9.17) is 29.9 Å². The summed E-state index contributed by atoms with van der Waals surface area (Å²) in [7, 11) is 0. The maximum atomic E-state index is 13.6. The van der Waals surface area contributed by atoms with Crippen LogP contribution in [0, 0.1) is 5.82 Å². The molecule has 0 bridgehead atoms. The fourth-order valence-corrected chi connectivity index (χ4v) is 2.52. The Balaban J connectivity index is 2.63. The number of nitrogens with zero attached hydrogens (tertiary/aromatic N) is 2. The summed E-state index contributed by atoms with van der Waals surface area (Å²) < 4.78 is 24.3. The van der Waals surface area contributed by atoms with Crippen molar-refractivity contribution >= 4 is 29.6 Å². The van der Waals surface area contributed by atoms with Gasteiger partial charge in [-0.1, -0.05) is 0 Å². The van der Waals surface area contributed by atoms with E-state index in [1.54, 1.807) is 0 Å². The van der Waals surface area contributed by atoms with E-state index in [0.717, 1.165) is 21.9 Å². The lowest BCUT2D eigenvalue weighted by atomic mass is 10.2. The smallest absolute Gasteiger partial charge is 0.323 e. The molecule has 0 aliphatic rings. The molecule has 0 aromatic heterocycles. The Morgan fingerprint density at radius 2 is 1.35 bits per heavy atom. The van der Waals surface area contributed by atoms with E-state index < -0.39 is 55.9 Å². The first-order valence-electron chi connectivity index (χ1n) is 8.93. The highest BCUT2D eigenvalue weighted by atomic mass is 19.1. The van der Waals surface area contributed by atoms with Crippen molar-refractivity contribution < 1.29 is 53.5 Å². The Morgan fingerprint density at radius 3 is 1.87 bits per heavy atom. The fourth-order valence-electron chi connectivity index (χ4n) is 2.52. The van der Waals surface area contributed by atoms with Crippen LogP contribution in [0.1, 0.15) is 0 Å². The summed E-state index contributed by atoms with van der Waals surface area (Å²) in [4.78, 5) is 45.6. The van der Waals surface area contributed by atoms with Crippen LogP contribution in [0.5, 0.6) is 5.75 Å². The van der Waals surface area contributed by atoms with E-state index in [2.05, 4.69) is 0 Å². The molecule has 0 fully saturated rings. The quantitative estimate of drug-likeness (QED) is 0.244. The third-order valence-corrected chi connectivity index (χ3v) is 3.67. The Kier molecular flexibility index (Phi) is 10.7. The molecule has 1 aromatic carbocycles. The molecule has 0 radical (unpaired) electrons. The van der Waals surface area contributed by atoms with Gasteiger partial charge in [0.25, 0.3) is 0 Å². The van der Waals surface area contributed by atoms with Crippen molar-refractivity contribution in [3.05, 3.63) is 24.0 Å². The van der Waals surface area contributed by atoms with Gasteiger partial charge < -0.3 is 34.8 Å². The lowest BCUT2D eigenvalue weighted by molar-refractivity contribution is -0.142. The third-order valence-electron chi connectivity index (χ3n) is 3.67. The number of halogens is 1. The van der Waals surface area contributed by atoms with Gasteiger partial charge in [0.05, 0.1) is 32.0 Å². The zero-order valence-corrected chi connectivity index (χ0v) is 16.4.